The topological polar surface area (TPSA) is 67.2 Å². The van der Waals surface area contributed by atoms with Crippen LogP contribution >= 0.6 is 24.0 Å². The van der Waals surface area contributed by atoms with Crippen LogP contribution in [0.15, 0.2) is 30.6 Å². The van der Waals surface area contributed by atoms with Crippen LogP contribution in [-0.4, -0.2) is 41.9 Å². The Morgan fingerprint density at radius 2 is 2.20 bits per heavy atom. The van der Waals surface area contributed by atoms with Crippen molar-refractivity contribution in [3.63, 3.8) is 0 Å². The number of sulfonamides is 1. The predicted molar refractivity (Wildman–Crippen MR) is 96.8 cm³/mol. The molecule has 138 valence electrons. The second-order valence-corrected chi connectivity index (χ2v) is 8.06. The minimum atomic E-state index is -3.60. The summed E-state index contributed by atoms with van der Waals surface area (Å²) < 4.78 is 42.3. The van der Waals surface area contributed by atoms with Crippen LogP contribution in [0.3, 0.4) is 0 Å². The number of rotatable bonds is 4. The number of aromatic nitrogens is 2. The number of aryl methyl sites for hydroxylation is 1. The fraction of sp³-hybridized carbons (Fsp3) is 0.400. The molecule has 1 aromatic carbocycles. The highest BCUT2D eigenvalue weighted by molar-refractivity contribution is 7.88. The second-order valence-electron chi connectivity index (χ2n) is 5.73. The molecule has 25 heavy (non-hydrogen) atoms. The van der Waals surface area contributed by atoms with E-state index in [0.29, 0.717) is 31.0 Å². The third-order valence-electron chi connectivity index (χ3n) is 4.04. The minimum Gasteiger partial charge on any atom is -0.337 e. The zero-order chi connectivity index (χ0) is 17.3. The van der Waals surface area contributed by atoms with E-state index in [-0.39, 0.29) is 29.2 Å². The maximum absolute atomic E-state index is 13.3. The van der Waals surface area contributed by atoms with Crippen molar-refractivity contribution in [3.8, 4) is 0 Å². The molecule has 1 aliphatic rings. The van der Waals surface area contributed by atoms with Gasteiger partial charge in [0.05, 0.1) is 16.8 Å². The first-order valence-electron chi connectivity index (χ1n) is 7.50. The van der Waals surface area contributed by atoms with Crippen LogP contribution in [0.5, 0.6) is 0 Å². The van der Waals surface area contributed by atoms with Crippen molar-refractivity contribution < 1.29 is 12.8 Å². The molecule has 2 heterocycles. The number of piperazine rings is 1. The van der Waals surface area contributed by atoms with Gasteiger partial charge in [-0.3, -0.25) is 0 Å². The minimum absolute atomic E-state index is 0. The highest BCUT2D eigenvalue weighted by atomic mass is 35.5. The van der Waals surface area contributed by atoms with E-state index >= 15 is 0 Å². The molecule has 1 saturated heterocycles. The van der Waals surface area contributed by atoms with Gasteiger partial charge < -0.3 is 9.88 Å². The normalized spacial score (nSPS) is 18.8. The van der Waals surface area contributed by atoms with Gasteiger partial charge in [0.15, 0.2) is 0 Å². The average Bonchev–Trinajstić information content (AvgIpc) is 2.97. The lowest BCUT2D eigenvalue weighted by Gasteiger charge is -2.34. The van der Waals surface area contributed by atoms with Gasteiger partial charge in [-0.2, -0.15) is 4.31 Å². The highest BCUT2D eigenvalue weighted by Crippen LogP contribution is 2.26. The lowest BCUT2D eigenvalue weighted by atomic mass is 10.2. The van der Waals surface area contributed by atoms with Gasteiger partial charge in [-0.1, -0.05) is 17.7 Å². The number of hydrogen-bond acceptors (Lipinski definition) is 4. The van der Waals surface area contributed by atoms with Crippen molar-refractivity contribution in [1.82, 2.24) is 19.2 Å². The lowest BCUT2D eigenvalue weighted by Crippen LogP contribution is -2.49. The third-order valence-corrected chi connectivity index (χ3v) is 6.18. The smallest absolute Gasteiger partial charge is 0.219 e. The zero-order valence-electron chi connectivity index (χ0n) is 13.5. The van der Waals surface area contributed by atoms with Gasteiger partial charge in [0.25, 0.3) is 0 Å². The average molecular weight is 409 g/mol. The Bertz CT molecular complexity index is 844. The summed E-state index contributed by atoms with van der Waals surface area (Å²) in [7, 11) is -1.76. The third kappa shape index (κ3) is 4.32. The summed E-state index contributed by atoms with van der Waals surface area (Å²) >= 11 is 5.75. The Hall–Kier alpha value is -1.19. The van der Waals surface area contributed by atoms with Gasteiger partial charge in [0, 0.05) is 39.1 Å². The maximum atomic E-state index is 13.3. The molecule has 6 nitrogen and oxygen atoms in total. The molecule has 1 atom stereocenters. The molecule has 1 N–H and O–H groups in total. The van der Waals surface area contributed by atoms with E-state index in [0.717, 1.165) is 0 Å². The van der Waals surface area contributed by atoms with Gasteiger partial charge in [-0.05, 0) is 17.7 Å². The Labute approximate surface area is 157 Å². The molecule has 0 spiro atoms. The van der Waals surface area contributed by atoms with E-state index in [1.807, 2.05) is 11.6 Å². The molecule has 0 saturated carbocycles. The van der Waals surface area contributed by atoms with Crippen LogP contribution < -0.4 is 5.32 Å². The van der Waals surface area contributed by atoms with Crippen LogP contribution in [0.1, 0.15) is 17.4 Å². The van der Waals surface area contributed by atoms with Crippen molar-refractivity contribution in [1.29, 1.82) is 0 Å². The molecule has 2 aromatic rings. The number of imidazole rings is 1. The van der Waals surface area contributed by atoms with E-state index in [2.05, 4.69) is 10.3 Å². The van der Waals surface area contributed by atoms with Crippen LogP contribution in [-0.2, 0) is 22.8 Å². The Morgan fingerprint density at radius 1 is 1.44 bits per heavy atom. The Balaban J connectivity index is 0.00000225. The van der Waals surface area contributed by atoms with Gasteiger partial charge in [0.2, 0.25) is 10.0 Å². The molecule has 1 aliphatic heterocycles. The number of nitrogens with zero attached hydrogens (tertiary/aromatic N) is 3. The number of hydrogen-bond donors (Lipinski definition) is 1. The van der Waals surface area contributed by atoms with Crippen molar-refractivity contribution in [3.05, 3.63) is 52.8 Å². The molecule has 1 fully saturated rings. The van der Waals surface area contributed by atoms with E-state index in [1.165, 1.54) is 22.5 Å². The van der Waals surface area contributed by atoms with Crippen LogP contribution in [0.2, 0.25) is 5.02 Å². The fourth-order valence-electron chi connectivity index (χ4n) is 2.86. The number of nitrogens with one attached hydrogen (secondary N) is 1. The summed E-state index contributed by atoms with van der Waals surface area (Å²) in [6.45, 7) is 1.42. The Morgan fingerprint density at radius 3 is 2.84 bits per heavy atom. The van der Waals surface area contributed by atoms with Crippen molar-refractivity contribution in [2.45, 2.75) is 11.8 Å². The van der Waals surface area contributed by atoms with Crippen molar-refractivity contribution in [2.24, 2.45) is 7.05 Å². The number of halogens is 3. The fourth-order valence-corrected chi connectivity index (χ4v) is 4.76. The second kappa shape index (κ2) is 8.01. The van der Waals surface area contributed by atoms with Gasteiger partial charge >= 0.3 is 0 Å². The molecule has 0 bridgehead atoms. The van der Waals surface area contributed by atoms with Gasteiger partial charge in [0.1, 0.15) is 11.6 Å². The molecule has 0 radical (unpaired) electrons. The summed E-state index contributed by atoms with van der Waals surface area (Å²) in [4.78, 5) is 4.28. The summed E-state index contributed by atoms with van der Waals surface area (Å²) in [6, 6.07) is 3.60. The van der Waals surface area contributed by atoms with E-state index in [4.69, 9.17) is 11.6 Å². The molecule has 1 unspecified atom stereocenters. The van der Waals surface area contributed by atoms with Gasteiger partial charge in [-0.25, -0.2) is 17.8 Å². The molecule has 1 aromatic heterocycles. The summed E-state index contributed by atoms with van der Waals surface area (Å²) in [5.74, 6) is -0.109. The van der Waals surface area contributed by atoms with Crippen LogP contribution in [0, 0.1) is 5.82 Å². The van der Waals surface area contributed by atoms with E-state index in [1.54, 1.807) is 12.4 Å². The van der Waals surface area contributed by atoms with Crippen molar-refractivity contribution in [2.75, 3.05) is 19.6 Å². The standard InChI is InChI=1S/C15H18ClFN4O2S.ClH/c1-20-6-5-19-15(20)14-9-18-4-7-21(14)24(22,23)10-11-2-3-13(17)12(16)8-11;/h2-3,5-6,8,14,18H,4,7,9-10H2,1H3;1H. The largest absolute Gasteiger partial charge is 0.337 e. The number of benzene rings is 1. The molecule has 10 heteroatoms. The SMILES string of the molecule is Cl.Cn1ccnc1C1CNCCN1S(=O)(=O)Cc1ccc(F)c(Cl)c1. The zero-order valence-corrected chi connectivity index (χ0v) is 15.9. The summed E-state index contributed by atoms with van der Waals surface area (Å²) in [6.07, 6.45) is 3.43. The molecule has 0 aliphatic carbocycles. The van der Waals surface area contributed by atoms with Crippen molar-refractivity contribution >= 4 is 34.0 Å². The lowest BCUT2D eigenvalue weighted by molar-refractivity contribution is 0.258. The summed E-state index contributed by atoms with van der Waals surface area (Å²) in [5, 5.41) is 3.12. The van der Waals surface area contributed by atoms with E-state index < -0.39 is 15.8 Å². The van der Waals surface area contributed by atoms with Crippen LogP contribution in [0.4, 0.5) is 4.39 Å². The highest BCUT2D eigenvalue weighted by Gasteiger charge is 2.35. The maximum Gasteiger partial charge on any atom is 0.219 e. The van der Waals surface area contributed by atoms with Gasteiger partial charge in [-0.15, -0.1) is 12.4 Å². The van der Waals surface area contributed by atoms with Crippen LogP contribution in [0.25, 0.3) is 0 Å². The Kier molecular flexibility index (Phi) is 6.45. The summed E-state index contributed by atoms with van der Waals surface area (Å²) in [5.41, 5.74) is 0.457. The first-order valence-corrected chi connectivity index (χ1v) is 9.48. The molecular formula is C15H19Cl2FN4O2S. The molecule has 3 rings (SSSR count). The quantitative estimate of drug-likeness (QED) is 0.840. The van der Waals surface area contributed by atoms with E-state index in [9.17, 15) is 12.8 Å². The molecular weight excluding hydrogens is 390 g/mol. The molecule has 0 amide bonds. The predicted octanol–water partition coefficient (Wildman–Crippen LogP) is 2.11. The first-order chi connectivity index (χ1) is 11.4. The first kappa shape index (κ1) is 20.1. The monoisotopic (exact) mass is 408 g/mol.